The number of hydrazone groups is 1. The molecule has 0 aliphatic rings. The van der Waals surface area contributed by atoms with Gasteiger partial charge in [0.25, 0.3) is 5.91 Å². The van der Waals surface area contributed by atoms with Crippen LogP contribution in [0.25, 0.3) is 10.8 Å². The van der Waals surface area contributed by atoms with Crippen molar-refractivity contribution in [2.24, 2.45) is 5.10 Å². The van der Waals surface area contributed by atoms with Crippen molar-refractivity contribution in [1.82, 2.24) is 5.43 Å². The summed E-state index contributed by atoms with van der Waals surface area (Å²) in [6, 6.07) is 24.1. The summed E-state index contributed by atoms with van der Waals surface area (Å²) in [7, 11) is 0. The zero-order chi connectivity index (χ0) is 17.5. The van der Waals surface area contributed by atoms with Gasteiger partial charge in [-0.15, -0.1) is 0 Å². The summed E-state index contributed by atoms with van der Waals surface area (Å²) in [4.78, 5) is 12.0. The van der Waals surface area contributed by atoms with Crippen molar-refractivity contribution >= 4 is 28.6 Å². The SMILES string of the molecule is CC(/C=N/NC(=O)CNc1cccc2ccccc12)c1ccccc1. The average Bonchev–Trinajstić information content (AvgIpc) is 2.67. The largest absolute Gasteiger partial charge is 0.376 e. The predicted molar refractivity (Wildman–Crippen MR) is 104 cm³/mol. The summed E-state index contributed by atoms with van der Waals surface area (Å²) in [6.45, 7) is 2.21. The van der Waals surface area contributed by atoms with Gasteiger partial charge < -0.3 is 5.32 Å². The van der Waals surface area contributed by atoms with Crippen molar-refractivity contribution in [3.05, 3.63) is 78.4 Å². The second-order valence-electron chi connectivity index (χ2n) is 5.89. The van der Waals surface area contributed by atoms with Crippen molar-refractivity contribution in [1.29, 1.82) is 0 Å². The maximum Gasteiger partial charge on any atom is 0.259 e. The highest BCUT2D eigenvalue weighted by Crippen LogP contribution is 2.22. The number of hydrogen-bond acceptors (Lipinski definition) is 3. The lowest BCUT2D eigenvalue weighted by Gasteiger charge is -2.09. The standard InChI is InChI=1S/C21H21N3O/c1-16(17-8-3-2-4-9-17)14-23-24-21(25)15-22-20-13-7-11-18-10-5-6-12-19(18)20/h2-14,16,22H,15H2,1H3,(H,24,25)/b23-14+. The Labute approximate surface area is 147 Å². The molecule has 0 aromatic heterocycles. The van der Waals surface area contributed by atoms with Gasteiger partial charge in [0.15, 0.2) is 0 Å². The number of nitrogens with one attached hydrogen (secondary N) is 2. The summed E-state index contributed by atoms with van der Waals surface area (Å²) in [6.07, 6.45) is 1.74. The van der Waals surface area contributed by atoms with E-state index in [4.69, 9.17) is 0 Å². The molecule has 1 atom stereocenters. The molecule has 0 saturated carbocycles. The lowest BCUT2D eigenvalue weighted by molar-refractivity contribution is -0.119. The van der Waals surface area contributed by atoms with E-state index in [0.29, 0.717) is 0 Å². The van der Waals surface area contributed by atoms with Gasteiger partial charge in [0.05, 0.1) is 6.54 Å². The van der Waals surface area contributed by atoms with E-state index >= 15 is 0 Å². The minimum Gasteiger partial charge on any atom is -0.376 e. The smallest absolute Gasteiger partial charge is 0.259 e. The van der Waals surface area contributed by atoms with E-state index in [0.717, 1.165) is 22.0 Å². The first kappa shape index (κ1) is 16.7. The Hall–Kier alpha value is -3.14. The fourth-order valence-electron chi connectivity index (χ4n) is 2.66. The maximum atomic E-state index is 12.0. The van der Waals surface area contributed by atoms with E-state index in [1.807, 2.05) is 67.6 Å². The van der Waals surface area contributed by atoms with Gasteiger partial charge in [0.2, 0.25) is 0 Å². The van der Waals surface area contributed by atoms with Crippen LogP contribution in [0.5, 0.6) is 0 Å². The summed E-state index contributed by atoms with van der Waals surface area (Å²) in [5.74, 6) is -0.0306. The van der Waals surface area contributed by atoms with Crippen LogP contribution in [-0.2, 0) is 4.79 Å². The molecule has 4 nitrogen and oxygen atoms in total. The van der Waals surface area contributed by atoms with Crippen LogP contribution in [0.15, 0.2) is 77.9 Å². The van der Waals surface area contributed by atoms with E-state index in [1.54, 1.807) is 6.21 Å². The minimum atomic E-state index is -0.176. The molecule has 1 unspecified atom stereocenters. The number of benzene rings is 3. The van der Waals surface area contributed by atoms with Crippen LogP contribution >= 0.6 is 0 Å². The molecule has 25 heavy (non-hydrogen) atoms. The van der Waals surface area contributed by atoms with Crippen LogP contribution in [0.2, 0.25) is 0 Å². The van der Waals surface area contributed by atoms with Crippen molar-refractivity contribution in [3.8, 4) is 0 Å². The van der Waals surface area contributed by atoms with Crippen molar-refractivity contribution in [3.63, 3.8) is 0 Å². The van der Waals surface area contributed by atoms with Crippen molar-refractivity contribution in [2.45, 2.75) is 12.8 Å². The van der Waals surface area contributed by atoms with E-state index in [-0.39, 0.29) is 18.4 Å². The normalized spacial score (nSPS) is 12.2. The number of fused-ring (bicyclic) bond motifs is 1. The Morgan fingerprint density at radius 2 is 1.72 bits per heavy atom. The van der Waals surface area contributed by atoms with Crippen LogP contribution in [0, 0.1) is 0 Å². The quantitative estimate of drug-likeness (QED) is 0.526. The highest BCUT2D eigenvalue weighted by Gasteiger charge is 2.04. The van der Waals surface area contributed by atoms with Gasteiger partial charge in [-0.2, -0.15) is 5.10 Å². The second kappa shape index (κ2) is 8.11. The molecule has 0 saturated heterocycles. The molecule has 0 heterocycles. The third-order valence-corrected chi connectivity index (χ3v) is 4.04. The molecule has 0 aliphatic carbocycles. The summed E-state index contributed by atoms with van der Waals surface area (Å²) >= 11 is 0. The first-order chi connectivity index (χ1) is 12.2. The molecule has 126 valence electrons. The molecule has 3 aromatic carbocycles. The second-order valence-corrected chi connectivity index (χ2v) is 5.89. The average molecular weight is 331 g/mol. The van der Waals surface area contributed by atoms with Crippen molar-refractivity contribution < 1.29 is 4.79 Å². The Bertz CT molecular complexity index is 869. The van der Waals surface area contributed by atoms with E-state index < -0.39 is 0 Å². The molecule has 3 rings (SSSR count). The molecule has 0 spiro atoms. The first-order valence-electron chi connectivity index (χ1n) is 8.32. The number of amides is 1. The Morgan fingerprint density at radius 3 is 2.56 bits per heavy atom. The van der Waals surface area contributed by atoms with Gasteiger partial charge in [-0.3, -0.25) is 4.79 Å². The number of carbonyl (C=O) groups is 1. The number of anilines is 1. The van der Waals surface area contributed by atoms with Gasteiger partial charge >= 0.3 is 0 Å². The third kappa shape index (κ3) is 4.44. The van der Waals surface area contributed by atoms with E-state index in [2.05, 4.69) is 28.0 Å². The van der Waals surface area contributed by atoms with Gasteiger partial charge in [0, 0.05) is 23.2 Å². The Balaban J connectivity index is 1.53. The number of hydrogen-bond donors (Lipinski definition) is 2. The van der Waals surface area contributed by atoms with Crippen LogP contribution in [0.4, 0.5) is 5.69 Å². The zero-order valence-electron chi connectivity index (χ0n) is 14.1. The summed E-state index contributed by atoms with van der Waals surface area (Å²) in [5.41, 5.74) is 4.67. The molecule has 0 aliphatic heterocycles. The van der Waals surface area contributed by atoms with Gasteiger partial charge in [0.1, 0.15) is 0 Å². The molecule has 0 fully saturated rings. The Kier molecular flexibility index (Phi) is 5.42. The molecule has 3 aromatic rings. The zero-order valence-corrected chi connectivity index (χ0v) is 14.1. The van der Waals surface area contributed by atoms with E-state index in [9.17, 15) is 4.79 Å². The molecule has 0 bridgehead atoms. The fraction of sp³-hybridized carbons (Fsp3) is 0.143. The topological polar surface area (TPSA) is 53.5 Å². The number of rotatable bonds is 6. The first-order valence-corrected chi connectivity index (χ1v) is 8.32. The third-order valence-electron chi connectivity index (χ3n) is 4.04. The van der Waals surface area contributed by atoms with Crippen LogP contribution in [0.3, 0.4) is 0 Å². The maximum absolute atomic E-state index is 12.0. The van der Waals surface area contributed by atoms with Crippen LogP contribution in [0.1, 0.15) is 18.4 Å². The molecular weight excluding hydrogens is 310 g/mol. The Morgan fingerprint density at radius 1 is 1.00 bits per heavy atom. The number of nitrogens with zero attached hydrogens (tertiary/aromatic N) is 1. The minimum absolute atomic E-state index is 0.146. The van der Waals surface area contributed by atoms with E-state index in [1.165, 1.54) is 0 Å². The summed E-state index contributed by atoms with van der Waals surface area (Å²) in [5, 5.41) is 9.47. The van der Waals surface area contributed by atoms with Crippen LogP contribution < -0.4 is 10.7 Å². The van der Waals surface area contributed by atoms with Gasteiger partial charge in [-0.1, -0.05) is 73.7 Å². The van der Waals surface area contributed by atoms with Crippen molar-refractivity contribution in [2.75, 3.05) is 11.9 Å². The lowest BCUT2D eigenvalue weighted by atomic mass is 10.0. The molecule has 0 radical (unpaired) electrons. The molecule has 1 amide bonds. The molecular formula is C21H21N3O. The summed E-state index contributed by atoms with van der Waals surface area (Å²) < 4.78 is 0. The molecule has 4 heteroatoms. The molecule has 2 N–H and O–H groups in total. The fourth-order valence-corrected chi connectivity index (χ4v) is 2.66. The van der Waals surface area contributed by atoms with Crippen LogP contribution in [-0.4, -0.2) is 18.7 Å². The lowest BCUT2D eigenvalue weighted by Crippen LogP contribution is -2.26. The highest BCUT2D eigenvalue weighted by molar-refractivity contribution is 5.95. The monoisotopic (exact) mass is 331 g/mol. The van der Waals surface area contributed by atoms with Gasteiger partial charge in [-0.25, -0.2) is 5.43 Å². The van der Waals surface area contributed by atoms with Gasteiger partial charge in [-0.05, 0) is 17.0 Å². The predicted octanol–water partition coefficient (Wildman–Crippen LogP) is 4.16. The highest BCUT2D eigenvalue weighted by atomic mass is 16.2. The number of carbonyl (C=O) groups excluding carboxylic acids is 1.